The molecular formula is C20H28N2O2. The molecule has 3 aliphatic rings. The fourth-order valence-electron chi connectivity index (χ4n) is 4.75. The molecule has 0 spiro atoms. The van der Waals surface area contributed by atoms with E-state index in [4.69, 9.17) is 0 Å². The quantitative estimate of drug-likeness (QED) is 0.891. The van der Waals surface area contributed by atoms with Crippen molar-refractivity contribution in [3.63, 3.8) is 0 Å². The SMILES string of the molecule is O=C(NC1CC[C@@H]2CN(Cc3ccccc3)C[C@@H]2C1)C1CC(O)C1. The molecule has 4 heteroatoms. The first-order valence-corrected chi connectivity index (χ1v) is 9.42. The number of carbonyl (C=O) groups excluding carboxylic acids is 1. The largest absolute Gasteiger partial charge is 0.393 e. The van der Waals surface area contributed by atoms with Gasteiger partial charge in [0.15, 0.2) is 0 Å². The van der Waals surface area contributed by atoms with Gasteiger partial charge >= 0.3 is 0 Å². The van der Waals surface area contributed by atoms with Gasteiger partial charge in [-0.2, -0.15) is 0 Å². The first kappa shape index (κ1) is 16.1. The summed E-state index contributed by atoms with van der Waals surface area (Å²) in [4.78, 5) is 14.8. The second-order valence-electron chi connectivity index (χ2n) is 8.04. The summed E-state index contributed by atoms with van der Waals surface area (Å²) in [5, 5.41) is 12.6. The number of hydrogen-bond acceptors (Lipinski definition) is 3. The molecule has 3 fully saturated rings. The zero-order valence-corrected chi connectivity index (χ0v) is 14.2. The van der Waals surface area contributed by atoms with Crippen LogP contribution in [0.4, 0.5) is 0 Å². The Balaban J connectivity index is 1.27. The summed E-state index contributed by atoms with van der Waals surface area (Å²) in [6, 6.07) is 11.0. The number of amides is 1. The molecular weight excluding hydrogens is 300 g/mol. The summed E-state index contributed by atoms with van der Waals surface area (Å²) < 4.78 is 0. The summed E-state index contributed by atoms with van der Waals surface area (Å²) in [7, 11) is 0. The van der Waals surface area contributed by atoms with Crippen LogP contribution in [0.15, 0.2) is 30.3 Å². The van der Waals surface area contributed by atoms with Gasteiger partial charge in [-0.05, 0) is 49.5 Å². The molecule has 0 bridgehead atoms. The molecule has 2 N–H and O–H groups in total. The Morgan fingerprint density at radius 1 is 1.08 bits per heavy atom. The molecule has 0 aromatic heterocycles. The summed E-state index contributed by atoms with van der Waals surface area (Å²) in [5.74, 6) is 1.74. The van der Waals surface area contributed by atoms with Gasteiger partial charge in [0.25, 0.3) is 0 Å². The van der Waals surface area contributed by atoms with E-state index in [0.717, 1.165) is 37.8 Å². The topological polar surface area (TPSA) is 52.6 Å². The van der Waals surface area contributed by atoms with Gasteiger partial charge in [0.1, 0.15) is 0 Å². The van der Waals surface area contributed by atoms with Gasteiger partial charge < -0.3 is 10.4 Å². The zero-order chi connectivity index (χ0) is 16.5. The second kappa shape index (κ2) is 6.85. The highest BCUT2D eigenvalue weighted by atomic mass is 16.3. The van der Waals surface area contributed by atoms with Crippen molar-refractivity contribution in [1.29, 1.82) is 0 Å². The fourth-order valence-corrected chi connectivity index (χ4v) is 4.75. The smallest absolute Gasteiger partial charge is 0.223 e. The molecule has 4 nitrogen and oxygen atoms in total. The molecule has 1 amide bonds. The Bertz CT molecular complexity index is 570. The lowest BCUT2D eigenvalue weighted by atomic mass is 9.78. The average Bonchev–Trinajstić information content (AvgIpc) is 2.94. The minimum Gasteiger partial charge on any atom is -0.393 e. The van der Waals surface area contributed by atoms with E-state index >= 15 is 0 Å². The highest BCUT2D eigenvalue weighted by molar-refractivity contribution is 5.79. The van der Waals surface area contributed by atoms with E-state index in [1.807, 2.05) is 0 Å². The monoisotopic (exact) mass is 328 g/mol. The van der Waals surface area contributed by atoms with Gasteiger partial charge in [-0.15, -0.1) is 0 Å². The van der Waals surface area contributed by atoms with Crippen LogP contribution >= 0.6 is 0 Å². The Labute approximate surface area is 144 Å². The Hall–Kier alpha value is -1.39. The van der Waals surface area contributed by atoms with Crippen LogP contribution < -0.4 is 5.32 Å². The van der Waals surface area contributed by atoms with Crippen molar-refractivity contribution in [2.75, 3.05) is 13.1 Å². The number of aliphatic hydroxyl groups is 1. The number of benzene rings is 1. The van der Waals surface area contributed by atoms with Crippen molar-refractivity contribution in [2.24, 2.45) is 17.8 Å². The summed E-state index contributed by atoms with van der Waals surface area (Å²) in [5.41, 5.74) is 1.39. The molecule has 4 rings (SSSR count). The fraction of sp³-hybridized carbons (Fsp3) is 0.650. The third kappa shape index (κ3) is 3.50. The number of rotatable bonds is 4. The van der Waals surface area contributed by atoms with Crippen LogP contribution in [0.1, 0.15) is 37.7 Å². The normalized spacial score (nSPS) is 36.0. The number of nitrogens with one attached hydrogen (secondary N) is 1. The number of carbonyl (C=O) groups is 1. The first-order valence-electron chi connectivity index (χ1n) is 9.42. The highest BCUT2D eigenvalue weighted by Gasteiger charge is 2.39. The molecule has 0 radical (unpaired) electrons. The van der Waals surface area contributed by atoms with E-state index in [1.165, 1.54) is 18.5 Å². The minimum absolute atomic E-state index is 0.0517. The lowest BCUT2D eigenvalue weighted by Crippen LogP contribution is -2.47. The third-order valence-electron chi connectivity index (χ3n) is 6.20. The molecule has 1 aromatic rings. The molecule has 1 aliphatic heterocycles. The van der Waals surface area contributed by atoms with Crippen LogP contribution in [0.3, 0.4) is 0 Å². The van der Waals surface area contributed by atoms with Gasteiger partial charge in [-0.1, -0.05) is 30.3 Å². The Kier molecular flexibility index (Phi) is 4.59. The minimum atomic E-state index is -0.252. The van der Waals surface area contributed by atoms with Crippen LogP contribution in [0.2, 0.25) is 0 Å². The van der Waals surface area contributed by atoms with Crippen LogP contribution in [-0.4, -0.2) is 41.1 Å². The Morgan fingerprint density at radius 2 is 1.83 bits per heavy atom. The maximum atomic E-state index is 12.2. The van der Waals surface area contributed by atoms with E-state index in [9.17, 15) is 9.90 Å². The third-order valence-corrected chi connectivity index (χ3v) is 6.20. The van der Waals surface area contributed by atoms with Crippen molar-refractivity contribution >= 4 is 5.91 Å². The van der Waals surface area contributed by atoms with E-state index in [2.05, 4.69) is 40.5 Å². The summed E-state index contributed by atoms with van der Waals surface area (Å²) >= 11 is 0. The van der Waals surface area contributed by atoms with Crippen molar-refractivity contribution < 1.29 is 9.90 Å². The van der Waals surface area contributed by atoms with Gasteiger partial charge in [0.2, 0.25) is 5.91 Å². The average molecular weight is 328 g/mol. The van der Waals surface area contributed by atoms with E-state index < -0.39 is 0 Å². The van der Waals surface area contributed by atoms with Gasteiger partial charge in [0, 0.05) is 31.6 Å². The number of likely N-dealkylation sites (tertiary alicyclic amines) is 1. The molecule has 130 valence electrons. The van der Waals surface area contributed by atoms with E-state index in [0.29, 0.717) is 18.9 Å². The van der Waals surface area contributed by atoms with Crippen molar-refractivity contribution in [2.45, 2.75) is 50.8 Å². The summed E-state index contributed by atoms with van der Waals surface area (Å²) in [6.07, 6.45) is 4.51. The number of fused-ring (bicyclic) bond motifs is 1. The maximum Gasteiger partial charge on any atom is 0.223 e. The van der Waals surface area contributed by atoms with Crippen LogP contribution in [0.25, 0.3) is 0 Å². The lowest BCUT2D eigenvalue weighted by molar-refractivity contribution is -0.132. The van der Waals surface area contributed by atoms with Gasteiger partial charge in [-0.3, -0.25) is 9.69 Å². The van der Waals surface area contributed by atoms with Gasteiger partial charge in [-0.25, -0.2) is 0 Å². The first-order chi connectivity index (χ1) is 11.7. The highest BCUT2D eigenvalue weighted by Crippen LogP contribution is 2.37. The van der Waals surface area contributed by atoms with Crippen molar-refractivity contribution in [3.8, 4) is 0 Å². The standard InChI is InChI=1S/C20H28N2O2/c23-19-9-16(10-19)20(24)21-18-7-6-15-12-22(13-17(15)8-18)11-14-4-2-1-3-5-14/h1-5,15-19,23H,6-13H2,(H,21,24)/t15-,16?,17+,18?,19?/m1/s1. The molecule has 2 aliphatic carbocycles. The maximum absolute atomic E-state index is 12.2. The van der Waals surface area contributed by atoms with Crippen LogP contribution in [0, 0.1) is 17.8 Å². The molecule has 1 aromatic carbocycles. The number of nitrogens with zero attached hydrogens (tertiary/aromatic N) is 1. The van der Waals surface area contributed by atoms with Gasteiger partial charge in [0.05, 0.1) is 6.10 Å². The molecule has 1 unspecified atom stereocenters. The van der Waals surface area contributed by atoms with Crippen molar-refractivity contribution in [1.82, 2.24) is 10.2 Å². The predicted octanol–water partition coefficient (Wildman–Crippen LogP) is 2.17. The summed E-state index contributed by atoms with van der Waals surface area (Å²) in [6.45, 7) is 3.41. The molecule has 2 saturated carbocycles. The van der Waals surface area contributed by atoms with E-state index in [1.54, 1.807) is 0 Å². The van der Waals surface area contributed by atoms with Crippen LogP contribution in [0.5, 0.6) is 0 Å². The van der Waals surface area contributed by atoms with E-state index in [-0.39, 0.29) is 17.9 Å². The zero-order valence-electron chi connectivity index (χ0n) is 14.2. The number of hydrogen-bond donors (Lipinski definition) is 2. The molecule has 1 heterocycles. The van der Waals surface area contributed by atoms with Crippen molar-refractivity contribution in [3.05, 3.63) is 35.9 Å². The molecule has 3 atom stereocenters. The molecule has 24 heavy (non-hydrogen) atoms. The predicted molar refractivity (Wildman–Crippen MR) is 93.2 cm³/mol. The second-order valence-corrected chi connectivity index (χ2v) is 8.04. The lowest BCUT2D eigenvalue weighted by Gasteiger charge is -2.35. The van der Waals surface area contributed by atoms with Crippen LogP contribution in [-0.2, 0) is 11.3 Å². The number of aliphatic hydroxyl groups excluding tert-OH is 1. The Morgan fingerprint density at radius 3 is 2.58 bits per heavy atom. The molecule has 1 saturated heterocycles.